The largest absolute Gasteiger partial charge is 0.456 e. The van der Waals surface area contributed by atoms with Gasteiger partial charge in [0.2, 0.25) is 0 Å². The van der Waals surface area contributed by atoms with Crippen molar-refractivity contribution in [3.63, 3.8) is 0 Å². The van der Waals surface area contributed by atoms with Gasteiger partial charge in [-0.05, 0) is 70.8 Å². The van der Waals surface area contributed by atoms with Gasteiger partial charge in [0.05, 0.1) is 16.4 Å². The summed E-state index contributed by atoms with van der Waals surface area (Å²) >= 11 is 0. The van der Waals surface area contributed by atoms with Gasteiger partial charge in [-0.15, -0.1) is 0 Å². The summed E-state index contributed by atoms with van der Waals surface area (Å²) in [6, 6.07) is 67.3. The van der Waals surface area contributed by atoms with Crippen molar-refractivity contribution < 1.29 is 4.42 Å². The van der Waals surface area contributed by atoms with Crippen LogP contribution in [0.2, 0.25) is 0 Å². The van der Waals surface area contributed by atoms with E-state index in [-0.39, 0.29) is 0 Å². The van der Waals surface area contributed by atoms with E-state index in [1.54, 1.807) is 0 Å². The van der Waals surface area contributed by atoms with Gasteiger partial charge >= 0.3 is 0 Å². The number of aromatic nitrogens is 4. The van der Waals surface area contributed by atoms with Gasteiger partial charge in [-0.3, -0.25) is 0 Å². The first-order valence-corrected chi connectivity index (χ1v) is 18.8. The summed E-state index contributed by atoms with van der Waals surface area (Å²) in [5, 5.41) is 4.64. The molecule has 0 spiro atoms. The van der Waals surface area contributed by atoms with E-state index in [0.717, 1.165) is 72.1 Å². The van der Waals surface area contributed by atoms with Gasteiger partial charge < -0.3 is 8.98 Å². The summed E-state index contributed by atoms with van der Waals surface area (Å²) in [5.41, 5.74) is 12.4. The van der Waals surface area contributed by atoms with Crippen molar-refractivity contribution in [2.75, 3.05) is 0 Å². The van der Waals surface area contributed by atoms with Crippen LogP contribution in [0, 0.1) is 0 Å². The zero-order valence-electron chi connectivity index (χ0n) is 30.2. The molecule has 0 saturated carbocycles. The standard InChI is InChI=1S/C51H32N4O/c1-4-13-33(14-5-1)37-17-12-18-39(31-37)51-53-49(35-15-6-2-7-16-35)52-50(54-51)36-25-23-34(24-26-36)38-27-28-43-46(32-38)56-45-30-29-42-41-21-10-11-22-44(41)55(48(42)47(43)45)40-19-8-3-9-20-40/h1-32H. The average Bonchev–Trinajstić information content (AvgIpc) is 3.82. The van der Waals surface area contributed by atoms with E-state index in [2.05, 4.69) is 162 Å². The molecule has 0 amide bonds. The Morgan fingerprint density at radius 1 is 0.339 bits per heavy atom. The zero-order valence-corrected chi connectivity index (χ0v) is 30.2. The fourth-order valence-electron chi connectivity index (χ4n) is 7.97. The van der Waals surface area contributed by atoms with Crippen LogP contribution in [0.25, 0.3) is 106 Å². The number of hydrogen-bond donors (Lipinski definition) is 0. The summed E-state index contributed by atoms with van der Waals surface area (Å²) in [4.78, 5) is 15.0. The lowest BCUT2D eigenvalue weighted by molar-refractivity contribution is 0.669. The monoisotopic (exact) mass is 716 g/mol. The predicted octanol–water partition coefficient (Wildman–Crippen LogP) is 13.2. The van der Waals surface area contributed by atoms with Crippen molar-refractivity contribution >= 4 is 43.7 Å². The lowest BCUT2D eigenvalue weighted by Crippen LogP contribution is -2.00. The molecule has 3 aromatic heterocycles. The molecule has 0 saturated heterocycles. The fourth-order valence-corrected chi connectivity index (χ4v) is 7.97. The van der Waals surface area contributed by atoms with Gasteiger partial charge in [0, 0.05) is 38.5 Å². The molecule has 56 heavy (non-hydrogen) atoms. The second-order valence-corrected chi connectivity index (χ2v) is 14.0. The normalized spacial score (nSPS) is 11.6. The van der Waals surface area contributed by atoms with Crippen LogP contribution in [0.4, 0.5) is 0 Å². The Bertz CT molecular complexity index is 3220. The highest BCUT2D eigenvalue weighted by Gasteiger charge is 2.19. The number of benzene rings is 8. The molecule has 11 rings (SSSR count). The second kappa shape index (κ2) is 13.0. The van der Waals surface area contributed by atoms with Crippen LogP contribution in [0.3, 0.4) is 0 Å². The van der Waals surface area contributed by atoms with E-state index in [0.29, 0.717) is 17.5 Å². The van der Waals surface area contributed by atoms with Crippen LogP contribution < -0.4 is 0 Å². The van der Waals surface area contributed by atoms with Crippen LogP contribution in [0.1, 0.15) is 0 Å². The van der Waals surface area contributed by atoms with Crippen LogP contribution >= 0.6 is 0 Å². The van der Waals surface area contributed by atoms with Gasteiger partial charge in [0.1, 0.15) is 11.2 Å². The highest BCUT2D eigenvalue weighted by atomic mass is 16.3. The molecule has 0 aliphatic heterocycles. The number of fused-ring (bicyclic) bond motifs is 7. The molecule has 5 heteroatoms. The number of nitrogens with zero attached hydrogens (tertiary/aromatic N) is 4. The Hall–Kier alpha value is -7.63. The lowest BCUT2D eigenvalue weighted by Gasteiger charge is -2.10. The summed E-state index contributed by atoms with van der Waals surface area (Å²) < 4.78 is 8.97. The van der Waals surface area contributed by atoms with E-state index in [1.165, 1.54) is 16.3 Å². The molecule has 0 radical (unpaired) electrons. The zero-order chi connectivity index (χ0) is 37.0. The maximum absolute atomic E-state index is 6.61. The van der Waals surface area contributed by atoms with E-state index in [9.17, 15) is 0 Å². The van der Waals surface area contributed by atoms with E-state index < -0.39 is 0 Å². The van der Waals surface area contributed by atoms with E-state index in [1.807, 2.05) is 36.4 Å². The first-order valence-electron chi connectivity index (χ1n) is 18.8. The Morgan fingerprint density at radius 3 is 1.61 bits per heavy atom. The third kappa shape index (κ3) is 5.37. The van der Waals surface area contributed by atoms with E-state index in [4.69, 9.17) is 19.4 Å². The smallest absolute Gasteiger partial charge is 0.164 e. The summed E-state index contributed by atoms with van der Waals surface area (Å²) in [6.07, 6.45) is 0. The molecular formula is C51H32N4O. The number of rotatable bonds is 6. The summed E-state index contributed by atoms with van der Waals surface area (Å²) in [6.45, 7) is 0. The van der Waals surface area contributed by atoms with Crippen molar-refractivity contribution in [3.05, 3.63) is 194 Å². The molecule has 0 bridgehead atoms. The highest BCUT2D eigenvalue weighted by molar-refractivity contribution is 6.24. The first kappa shape index (κ1) is 31.9. The third-order valence-corrected chi connectivity index (χ3v) is 10.7. The Labute approximate surface area is 322 Å². The van der Waals surface area contributed by atoms with Crippen LogP contribution in [-0.4, -0.2) is 19.5 Å². The molecule has 11 aromatic rings. The highest BCUT2D eigenvalue weighted by Crippen LogP contribution is 2.42. The van der Waals surface area contributed by atoms with E-state index >= 15 is 0 Å². The maximum Gasteiger partial charge on any atom is 0.164 e. The Kier molecular flexibility index (Phi) is 7.42. The van der Waals surface area contributed by atoms with Crippen molar-refractivity contribution in [1.82, 2.24) is 19.5 Å². The number of furan rings is 1. The maximum atomic E-state index is 6.61. The van der Waals surface area contributed by atoms with Gasteiger partial charge in [0.25, 0.3) is 0 Å². The quantitative estimate of drug-likeness (QED) is 0.172. The van der Waals surface area contributed by atoms with Crippen LogP contribution in [-0.2, 0) is 0 Å². The minimum atomic E-state index is 0.621. The molecule has 0 unspecified atom stereocenters. The predicted molar refractivity (Wildman–Crippen MR) is 229 cm³/mol. The summed E-state index contributed by atoms with van der Waals surface area (Å²) in [5.74, 6) is 1.89. The molecule has 262 valence electrons. The third-order valence-electron chi connectivity index (χ3n) is 10.7. The molecule has 0 atom stereocenters. The summed E-state index contributed by atoms with van der Waals surface area (Å²) in [7, 11) is 0. The van der Waals surface area contributed by atoms with Gasteiger partial charge in [-0.2, -0.15) is 0 Å². The first-order chi connectivity index (χ1) is 27.7. The van der Waals surface area contributed by atoms with Gasteiger partial charge in [-0.1, -0.05) is 146 Å². The minimum Gasteiger partial charge on any atom is -0.456 e. The second-order valence-electron chi connectivity index (χ2n) is 14.0. The number of hydrogen-bond acceptors (Lipinski definition) is 4. The average molecular weight is 717 g/mol. The molecule has 5 nitrogen and oxygen atoms in total. The van der Waals surface area contributed by atoms with Gasteiger partial charge in [-0.25, -0.2) is 15.0 Å². The molecule has 0 aliphatic rings. The fraction of sp³-hybridized carbons (Fsp3) is 0. The van der Waals surface area contributed by atoms with Crippen molar-refractivity contribution in [1.29, 1.82) is 0 Å². The van der Waals surface area contributed by atoms with Crippen molar-refractivity contribution in [3.8, 4) is 62.1 Å². The molecule has 0 fully saturated rings. The SMILES string of the molecule is c1ccc(-c2cccc(-c3nc(-c4ccccc4)nc(-c4ccc(-c5ccc6c(c5)oc5ccc7c8ccccc8n(-c8ccccc8)c7c56)cc4)n3)c2)cc1. The molecule has 0 N–H and O–H groups in total. The van der Waals surface area contributed by atoms with Crippen LogP contribution in [0.5, 0.6) is 0 Å². The molecule has 3 heterocycles. The molecule has 8 aromatic carbocycles. The molecular weight excluding hydrogens is 685 g/mol. The minimum absolute atomic E-state index is 0.621. The number of para-hydroxylation sites is 2. The van der Waals surface area contributed by atoms with Crippen LogP contribution in [0.15, 0.2) is 199 Å². The topological polar surface area (TPSA) is 56.7 Å². The molecule has 0 aliphatic carbocycles. The Balaban J connectivity index is 0.996. The Morgan fingerprint density at radius 2 is 0.857 bits per heavy atom. The van der Waals surface area contributed by atoms with Gasteiger partial charge in [0.15, 0.2) is 17.5 Å². The van der Waals surface area contributed by atoms with Crippen molar-refractivity contribution in [2.24, 2.45) is 0 Å². The lowest BCUT2D eigenvalue weighted by atomic mass is 10.0. The van der Waals surface area contributed by atoms with Crippen molar-refractivity contribution in [2.45, 2.75) is 0 Å².